The summed E-state index contributed by atoms with van der Waals surface area (Å²) in [4.78, 5) is 11.8. The fourth-order valence-corrected chi connectivity index (χ4v) is 4.08. The van der Waals surface area contributed by atoms with E-state index in [2.05, 4.69) is 52.2 Å². The van der Waals surface area contributed by atoms with Crippen LogP contribution in [-0.4, -0.2) is 39.3 Å². The van der Waals surface area contributed by atoms with E-state index in [1.807, 2.05) is 0 Å². The Labute approximate surface area is 155 Å². The van der Waals surface area contributed by atoms with Gasteiger partial charge in [-0.05, 0) is 44.6 Å². The molecule has 0 atom stereocenters. The number of anilines is 1. The van der Waals surface area contributed by atoms with Gasteiger partial charge in [0.05, 0.1) is 5.69 Å². The molecule has 6 heteroatoms. The summed E-state index contributed by atoms with van der Waals surface area (Å²) in [5.74, 6) is 2.40. The zero-order chi connectivity index (χ0) is 18.1. The largest absolute Gasteiger partial charge is 0.356 e. The first-order valence-corrected chi connectivity index (χ1v) is 9.99. The van der Waals surface area contributed by atoms with Crippen LogP contribution in [0.1, 0.15) is 67.5 Å². The van der Waals surface area contributed by atoms with Crippen molar-refractivity contribution in [2.75, 3.05) is 18.0 Å². The third-order valence-electron chi connectivity index (χ3n) is 5.64. The van der Waals surface area contributed by atoms with Crippen molar-refractivity contribution in [1.29, 1.82) is 0 Å². The number of rotatable bonds is 5. The predicted molar refractivity (Wildman–Crippen MR) is 104 cm³/mol. The Balaban J connectivity index is 1.33. The van der Waals surface area contributed by atoms with Gasteiger partial charge < -0.3 is 10.2 Å². The molecular weight excluding hydrogens is 324 g/mol. The van der Waals surface area contributed by atoms with Crippen molar-refractivity contribution in [3.63, 3.8) is 0 Å². The van der Waals surface area contributed by atoms with Gasteiger partial charge in [0.2, 0.25) is 0 Å². The molecule has 0 aromatic carbocycles. The summed E-state index contributed by atoms with van der Waals surface area (Å²) < 4.78 is 0. The fourth-order valence-electron chi connectivity index (χ4n) is 4.08. The maximum atomic E-state index is 4.79. The van der Waals surface area contributed by atoms with E-state index in [4.69, 9.17) is 4.98 Å². The number of fused-ring (bicyclic) bond motifs is 1. The van der Waals surface area contributed by atoms with Gasteiger partial charge in [-0.1, -0.05) is 13.8 Å². The minimum absolute atomic E-state index is 0.364. The number of nitrogens with zero attached hydrogens (tertiary/aromatic N) is 4. The zero-order valence-corrected chi connectivity index (χ0v) is 16.2. The minimum Gasteiger partial charge on any atom is -0.356 e. The number of nitrogens with one attached hydrogen (secondary N) is 2. The molecule has 0 spiro atoms. The van der Waals surface area contributed by atoms with Gasteiger partial charge in [0.15, 0.2) is 0 Å². The van der Waals surface area contributed by atoms with E-state index >= 15 is 0 Å². The standard InChI is InChI=1S/C20H30N6/c1-13(2)20-22-14(3)11-19(23-20)26-9-7-15(8-10-26)21-12-18-16-5-4-6-17(16)24-25-18/h11,13,15,21H,4-10,12H2,1-3H3,(H,24,25). The van der Waals surface area contributed by atoms with Crippen LogP contribution in [-0.2, 0) is 19.4 Å². The van der Waals surface area contributed by atoms with Crippen LogP contribution in [0, 0.1) is 6.92 Å². The van der Waals surface area contributed by atoms with Gasteiger partial charge in [-0.3, -0.25) is 5.10 Å². The van der Waals surface area contributed by atoms with E-state index in [-0.39, 0.29) is 0 Å². The monoisotopic (exact) mass is 354 g/mol. The lowest BCUT2D eigenvalue weighted by atomic mass is 10.0. The van der Waals surface area contributed by atoms with Crippen LogP contribution < -0.4 is 10.2 Å². The summed E-state index contributed by atoms with van der Waals surface area (Å²) in [6, 6.07) is 2.68. The van der Waals surface area contributed by atoms with Crippen molar-refractivity contribution in [2.24, 2.45) is 0 Å². The van der Waals surface area contributed by atoms with Crippen molar-refractivity contribution in [3.8, 4) is 0 Å². The topological polar surface area (TPSA) is 69.7 Å². The van der Waals surface area contributed by atoms with Crippen molar-refractivity contribution in [2.45, 2.75) is 71.4 Å². The lowest BCUT2D eigenvalue weighted by molar-refractivity contribution is 0.409. The third kappa shape index (κ3) is 3.61. The van der Waals surface area contributed by atoms with Gasteiger partial charge in [-0.15, -0.1) is 0 Å². The summed E-state index contributed by atoms with van der Waals surface area (Å²) in [6.45, 7) is 9.35. The highest BCUT2D eigenvalue weighted by molar-refractivity contribution is 5.40. The first kappa shape index (κ1) is 17.5. The Morgan fingerprint density at radius 1 is 1.23 bits per heavy atom. The molecule has 0 saturated carbocycles. The summed E-state index contributed by atoms with van der Waals surface area (Å²) in [5.41, 5.74) is 5.11. The van der Waals surface area contributed by atoms with Gasteiger partial charge in [0.1, 0.15) is 11.6 Å². The number of piperidine rings is 1. The van der Waals surface area contributed by atoms with Crippen molar-refractivity contribution >= 4 is 5.82 Å². The van der Waals surface area contributed by atoms with Crippen LogP contribution in [0.5, 0.6) is 0 Å². The first-order valence-electron chi connectivity index (χ1n) is 9.99. The second-order valence-electron chi connectivity index (χ2n) is 8.00. The van der Waals surface area contributed by atoms with Crippen LogP contribution in [0.25, 0.3) is 0 Å². The predicted octanol–water partition coefficient (Wildman–Crippen LogP) is 2.88. The highest BCUT2D eigenvalue weighted by atomic mass is 15.2. The molecule has 1 aliphatic heterocycles. The van der Waals surface area contributed by atoms with E-state index in [0.717, 1.165) is 56.2 Å². The fraction of sp³-hybridized carbons (Fsp3) is 0.650. The third-order valence-corrected chi connectivity index (χ3v) is 5.64. The van der Waals surface area contributed by atoms with Crippen LogP contribution in [0.3, 0.4) is 0 Å². The van der Waals surface area contributed by atoms with E-state index < -0.39 is 0 Å². The Morgan fingerprint density at radius 2 is 2.04 bits per heavy atom. The van der Waals surface area contributed by atoms with Crippen molar-refractivity contribution in [3.05, 3.63) is 34.5 Å². The highest BCUT2D eigenvalue weighted by Crippen LogP contribution is 2.24. The number of hydrogen-bond acceptors (Lipinski definition) is 5. The number of aryl methyl sites for hydroxylation is 2. The highest BCUT2D eigenvalue weighted by Gasteiger charge is 2.23. The molecule has 1 fully saturated rings. The molecule has 2 N–H and O–H groups in total. The number of aromatic nitrogens is 4. The van der Waals surface area contributed by atoms with Crippen LogP contribution >= 0.6 is 0 Å². The normalized spacial score (nSPS) is 17.9. The van der Waals surface area contributed by atoms with Gasteiger partial charge in [-0.25, -0.2) is 9.97 Å². The second kappa shape index (κ2) is 7.35. The van der Waals surface area contributed by atoms with E-state index in [0.29, 0.717) is 12.0 Å². The lowest BCUT2D eigenvalue weighted by Gasteiger charge is -2.33. The van der Waals surface area contributed by atoms with Gasteiger partial charge in [0.25, 0.3) is 0 Å². The first-order chi connectivity index (χ1) is 12.6. The molecule has 140 valence electrons. The molecule has 2 aromatic rings. The zero-order valence-electron chi connectivity index (χ0n) is 16.2. The average Bonchev–Trinajstić information content (AvgIpc) is 3.24. The number of aromatic amines is 1. The number of hydrogen-bond donors (Lipinski definition) is 2. The Bertz CT molecular complexity index is 758. The summed E-state index contributed by atoms with van der Waals surface area (Å²) in [5, 5.41) is 11.4. The smallest absolute Gasteiger partial charge is 0.133 e. The molecule has 0 radical (unpaired) electrons. The Morgan fingerprint density at radius 3 is 2.81 bits per heavy atom. The average molecular weight is 355 g/mol. The van der Waals surface area contributed by atoms with E-state index in [1.165, 1.54) is 29.8 Å². The lowest BCUT2D eigenvalue weighted by Crippen LogP contribution is -2.42. The van der Waals surface area contributed by atoms with Gasteiger partial charge in [-0.2, -0.15) is 5.10 Å². The molecule has 2 aromatic heterocycles. The molecule has 3 heterocycles. The Hall–Kier alpha value is -1.95. The maximum absolute atomic E-state index is 4.79. The van der Waals surface area contributed by atoms with Crippen LogP contribution in [0.15, 0.2) is 6.07 Å². The van der Waals surface area contributed by atoms with E-state index in [1.54, 1.807) is 0 Å². The summed E-state index contributed by atoms with van der Waals surface area (Å²) in [7, 11) is 0. The molecule has 6 nitrogen and oxygen atoms in total. The van der Waals surface area contributed by atoms with Crippen LogP contribution in [0.4, 0.5) is 5.82 Å². The van der Waals surface area contributed by atoms with Gasteiger partial charge in [0, 0.05) is 49.0 Å². The van der Waals surface area contributed by atoms with E-state index in [9.17, 15) is 0 Å². The Kier molecular flexibility index (Phi) is 4.94. The van der Waals surface area contributed by atoms with Crippen molar-refractivity contribution < 1.29 is 0 Å². The second-order valence-corrected chi connectivity index (χ2v) is 8.00. The molecule has 0 amide bonds. The minimum atomic E-state index is 0.364. The molecule has 26 heavy (non-hydrogen) atoms. The quantitative estimate of drug-likeness (QED) is 0.864. The maximum Gasteiger partial charge on any atom is 0.133 e. The van der Waals surface area contributed by atoms with Crippen LogP contribution in [0.2, 0.25) is 0 Å². The summed E-state index contributed by atoms with van der Waals surface area (Å²) in [6.07, 6.45) is 5.91. The molecule has 2 aliphatic rings. The molecule has 1 aliphatic carbocycles. The molecule has 1 saturated heterocycles. The summed E-state index contributed by atoms with van der Waals surface area (Å²) >= 11 is 0. The van der Waals surface area contributed by atoms with Gasteiger partial charge >= 0.3 is 0 Å². The SMILES string of the molecule is Cc1cc(N2CCC(NCc3n[nH]c4c3CCC4)CC2)nc(C(C)C)n1. The number of H-pyrrole nitrogens is 1. The molecular formula is C20H30N6. The van der Waals surface area contributed by atoms with Crippen molar-refractivity contribution in [1.82, 2.24) is 25.5 Å². The molecule has 0 bridgehead atoms. The molecule has 4 rings (SSSR count). The molecule has 0 unspecified atom stereocenters.